The number of piperidine rings is 1. The molecule has 1 saturated heterocycles. The molecule has 0 atom stereocenters. The average molecular weight is 287 g/mol. The molecule has 0 amide bonds. The fourth-order valence-electron chi connectivity index (χ4n) is 2.05. The SMILES string of the molecule is CC1CCN(S(=O)(=O)Nc2cc(F)ccc2N)CC1. The van der Waals surface area contributed by atoms with E-state index < -0.39 is 16.0 Å². The molecule has 1 aliphatic heterocycles. The Morgan fingerprint density at radius 2 is 2.00 bits per heavy atom. The highest BCUT2D eigenvalue weighted by Gasteiger charge is 2.26. The van der Waals surface area contributed by atoms with E-state index >= 15 is 0 Å². The molecule has 0 spiro atoms. The predicted molar refractivity (Wildman–Crippen MR) is 73.3 cm³/mol. The Kier molecular flexibility index (Phi) is 3.96. The average Bonchev–Trinajstić information content (AvgIpc) is 2.34. The minimum atomic E-state index is -3.66. The molecule has 106 valence electrons. The summed E-state index contributed by atoms with van der Waals surface area (Å²) in [5.41, 5.74) is 5.92. The zero-order valence-corrected chi connectivity index (χ0v) is 11.6. The fraction of sp³-hybridized carbons (Fsp3) is 0.500. The maximum Gasteiger partial charge on any atom is 0.301 e. The first kappa shape index (κ1) is 14.1. The van der Waals surface area contributed by atoms with Crippen LogP contribution in [0.1, 0.15) is 19.8 Å². The molecule has 5 nitrogen and oxygen atoms in total. The van der Waals surface area contributed by atoms with Crippen molar-refractivity contribution in [1.82, 2.24) is 4.31 Å². The number of nitrogen functional groups attached to an aromatic ring is 1. The number of benzene rings is 1. The van der Waals surface area contributed by atoms with Crippen LogP contribution < -0.4 is 10.5 Å². The number of nitrogens with two attached hydrogens (primary N) is 1. The third-order valence-corrected chi connectivity index (χ3v) is 4.86. The first-order valence-corrected chi connectivity index (χ1v) is 7.65. The summed E-state index contributed by atoms with van der Waals surface area (Å²) in [6.45, 7) is 3.05. The van der Waals surface area contributed by atoms with Crippen molar-refractivity contribution in [2.24, 2.45) is 5.92 Å². The fourth-order valence-corrected chi connectivity index (χ4v) is 3.32. The van der Waals surface area contributed by atoms with Crippen molar-refractivity contribution in [3.05, 3.63) is 24.0 Å². The molecular weight excluding hydrogens is 269 g/mol. The van der Waals surface area contributed by atoms with Crippen molar-refractivity contribution in [1.29, 1.82) is 0 Å². The summed E-state index contributed by atoms with van der Waals surface area (Å²) in [5.74, 6) is 0.00450. The van der Waals surface area contributed by atoms with Gasteiger partial charge < -0.3 is 5.73 Å². The van der Waals surface area contributed by atoms with Gasteiger partial charge in [-0.1, -0.05) is 6.92 Å². The Hall–Kier alpha value is -1.34. The molecule has 0 bridgehead atoms. The van der Waals surface area contributed by atoms with Gasteiger partial charge in [-0.15, -0.1) is 0 Å². The van der Waals surface area contributed by atoms with Gasteiger partial charge in [0.2, 0.25) is 0 Å². The third-order valence-electron chi connectivity index (χ3n) is 3.34. The van der Waals surface area contributed by atoms with E-state index in [0.29, 0.717) is 19.0 Å². The largest absolute Gasteiger partial charge is 0.397 e. The van der Waals surface area contributed by atoms with Crippen molar-refractivity contribution >= 4 is 21.6 Å². The summed E-state index contributed by atoms with van der Waals surface area (Å²) < 4.78 is 41.2. The topological polar surface area (TPSA) is 75.4 Å². The van der Waals surface area contributed by atoms with Gasteiger partial charge in [0.1, 0.15) is 5.82 Å². The molecule has 0 unspecified atom stereocenters. The number of hydrogen-bond acceptors (Lipinski definition) is 3. The van der Waals surface area contributed by atoms with E-state index in [9.17, 15) is 12.8 Å². The molecule has 7 heteroatoms. The smallest absolute Gasteiger partial charge is 0.301 e. The predicted octanol–water partition coefficient (Wildman–Crippen LogP) is 1.80. The zero-order valence-electron chi connectivity index (χ0n) is 10.8. The van der Waals surface area contributed by atoms with Crippen LogP contribution >= 0.6 is 0 Å². The highest BCUT2D eigenvalue weighted by molar-refractivity contribution is 7.90. The molecule has 0 aromatic heterocycles. The molecule has 1 heterocycles. The molecule has 19 heavy (non-hydrogen) atoms. The minimum absolute atomic E-state index is 0.0821. The van der Waals surface area contributed by atoms with E-state index in [0.717, 1.165) is 18.9 Å². The van der Waals surface area contributed by atoms with Gasteiger partial charge >= 0.3 is 10.2 Å². The van der Waals surface area contributed by atoms with E-state index in [1.54, 1.807) is 0 Å². The summed E-state index contributed by atoms with van der Waals surface area (Å²) in [6.07, 6.45) is 1.67. The van der Waals surface area contributed by atoms with Gasteiger partial charge in [0.15, 0.2) is 0 Å². The number of nitrogens with one attached hydrogen (secondary N) is 1. The molecule has 1 aromatic rings. The van der Waals surface area contributed by atoms with Crippen LogP contribution in [0.25, 0.3) is 0 Å². The van der Waals surface area contributed by atoms with Crippen LogP contribution in [0.15, 0.2) is 18.2 Å². The van der Waals surface area contributed by atoms with Crippen LogP contribution in [0.5, 0.6) is 0 Å². The number of anilines is 2. The Morgan fingerprint density at radius 3 is 2.63 bits per heavy atom. The second-order valence-electron chi connectivity index (χ2n) is 4.92. The molecule has 1 fully saturated rings. The molecule has 1 aromatic carbocycles. The van der Waals surface area contributed by atoms with Crippen LogP contribution in [0.4, 0.5) is 15.8 Å². The third kappa shape index (κ3) is 3.36. The Bertz CT molecular complexity index is 554. The second-order valence-corrected chi connectivity index (χ2v) is 6.59. The zero-order chi connectivity index (χ0) is 14.0. The van der Waals surface area contributed by atoms with Gasteiger partial charge in [0.25, 0.3) is 0 Å². The number of nitrogens with zero attached hydrogens (tertiary/aromatic N) is 1. The van der Waals surface area contributed by atoms with E-state index in [1.807, 2.05) is 0 Å². The molecule has 3 N–H and O–H groups in total. The maximum atomic E-state index is 13.1. The van der Waals surface area contributed by atoms with Crippen LogP contribution in [-0.2, 0) is 10.2 Å². The van der Waals surface area contributed by atoms with Crippen LogP contribution in [0, 0.1) is 11.7 Å². The number of rotatable bonds is 3. The lowest BCUT2D eigenvalue weighted by Gasteiger charge is -2.29. The first-order chi connectivity index (χ1) is 8.88. The minimum Gasteiger partial charge on any atom is -0.397 e. The van der Waals surface area contributed by atoms with Gasteiger partial charge in [0, 0.05) is 19.2 Å². The van der Waals surface area contributed by atoms with Gasteiger partial charge in [-0.25, -0.2) is 4.39 Å². The summed E-state index contributed by atoms with van der Waals surface area (Å²) in [6, 6.07) is 3.61. The molecule has 0 aliphatic carbocycles. The van der Waals surface area contributed by atoms with Crippen LogP contribution in [-0.4, -0.2) is 25.8 Å². The summed E-state index contributed by atoms with van der Waals surface area (Å²) in [4.78, 5) is 0. The normalized spacial score (nSPS) is 18.4. The van der Waals surface area contributed by atoms with E-state index in [4.69, 9.17) is 5.73 Å². The Labute approximate surface area is 112 Å². The highest BCUT2D eigenvalue weighted by Crippen LogP contribution is 2.24. The van der Waals surface area contributed by atoms with Crippen molar-refractivity contribution in [3.8, 4) is 0 Å². The lowest BCUT2D eigenvalue weighted by atomic mass is 10.0. The monoisotopic (exact) mass is 287 g/mol. The Balaban J connectivity index is 2.15. The second kappa shape index (κ2) is 5.34. The number of halogens is 1. The lowest BCUT2D eigenvalue weighted by Crippen LogP contribution is -2.41. The first-order valence-electron chi connectivity index (χ1n) is 6.21. The van der Waals surface area contributed by atoms with Gasteiger partial charge in [-0.05, 0) is 30.9 Å². The summed E-state index contributed by atoms with van der Waals surface area (Å²) >= 11 is 0. The van der Waals surface area contributed by atoms with Gasteiger partial charge in [-0.2, -0.15) is 12.7 Å². The summed E-state index contributed by atoms with van der Waals surface area (Å²) in [7, 11) is -3.66. The Morgan fingerprint density at radius 1 is 1.37 bits per heavy atom. The molecule has 1 aliphatic rings. The van der Waals surface area contributed by atoms with E-state index in [-0.39, 0.29) is 11.4 Å². The van der Waals surface area contributed by atoms with Crippen molar-refractivity contribution < 1.29 is 12.8 Å². The number of hydrogen-bond donors (Lipinski definition) is 2. The van der Waals surface area contributed by atoms with Crippen molar-refractivity contribution in [2.75, 3.05) is 23.5 Å². The molecule has 0 radical (unpaired) electrons. The lowest BCUT2D eigenvalue weighted by molar-refractivity contribution is 0.289. The van der Waals surface area contributed by atoms with Crippen molar-refractivity contribution in [3.63, 3.8) is 0 Å². The van der Waals surface area contributed by atoms with E-state index in [2.05, 4.69) is 11.6 Å². The van der Waals surface area contributed by atoms with E-state index in [1.165, 1.54) is 16.4 Å². The highest BCUT2D eigenvalue weighted by atomic mass is 32.2. The quantitative estimate of drug-likeness (QED) is 0.832. The molecule has 0 saturated carbocycles. The summed E-state index contributed by atoms with van der Waals surface area (Å²) in [5, 5.41) is 0. The van der Waals surface area contributed by atoms with Crippen LogP contribution in [0.2, 0.25) is 0 Å². The van der Waals surface area contributed by atoms with Crippen molar-refractivity contribution in [2.45, 2.75) is 19.8 Å². The molecular formula is C12H18FN3O2S. The van der Waals surface area contributed by atoms with Gasteiger partial charge in [0.05, 0.1) is 11.4 Å². The van der Waals surface area contributed by atoms with Crippen LogP contribution in [0.3, 0.4) is 0 Å². The standard InChI is InChI=1S/C12H18FN3O2S/c1-9-4-6-16(7-5-9)19(17,18)15-12-8-10(13)2-3-11(12)14/h2-3,8-9,15H,4-7,14H2,1H3. The molecule has 2 rings (SSSR count). The maximum absolute atomic E-state index is 13.1. The van der Waals surface area contributed by atoms with Gasteiger partial charge in [-0.3, -0.25) is 4.72 Å².